The monoisotopic (exact) mass is 464 g/mol. The van der Waals surface area contributed by atoms with E-state index in [1.165, 1.54) is 25.7 Å². The number of allylic oxidation sites excluding steroid dienone is 3. The highest BCUT2D eigenvalue weighted by Gasteiger charge is 2.54. The highest BCUT2D eigenvalue weighted by molar-refractivity contribution is 5.09. The zero-order valence-corrected chi connectivity index (χ0v) is 21.1. The van der Waals surface area contributed by atoms with Crippen LogP contribution in [0.25, 0.3) is 0 Å². The zero-order valence-electron chi connectivity index (χ0n) is 21.1. The van der Waals surface area contributed by atoms with Gasteiger partial charge in [0.15, 0.2) is 12.1 Å². The number of hydrogen-bond donors (Lipinski definition) is 1. The number of unbranched alkanes of at least 4 members (excludes halogenated alkanes) is 4. The molecule has 1 spiro atoms. The standard InChI is InChI=1S/C28H48O5/c1-3-4-8-13-24(33-27-15-10-12-19-30-27)16-17-25-23(2)22-28(31-20-21-32-28)26(25)14-9-6-5-7-11-18-29/h6,9,16-17,23-27,29H,3-5,7-8,10-15,18-22H2,1-2H3/b9-6-,17-16+/t23-,24+,25+,26-,27?/m1/s1. The molecule has 0 amide bonds. The van der Waals surface area contributed by atoms with Crippen molar-refractivity contribution in [2.75, 3.05) is 26.4 Å². The maximum Gasteiger partial charge on any atom is 0.172 e. The van der Waals surface area contributed by atoms with Gasteiger partial charge in [0.1, 0.15) is 0 Å². The van der Waals surface area contributed by atoms with Gasteiger partial charge in [-0.25, -0.2) is 0 Å². The maximum absolute atomic E-state index is 8.99. The van der Waals surface area contributed by atoms with E-state index in [2.05, 4.69) is 38.2 Å². The van der Waals surface area contributed by atoms with Crippen LogP contribution in [-0.2, 0) is 18.9 Å². The Morgan fingerprint density at radius 3 is 2.64 bits per heavy atom. The van der Waals surface area contributed by atoms with Gasteiger partial charge in [-0.15, -0.1) is 0 Å². The molecule has 1 saturated carbocycles. The van der Waals surface area contributed by atoms with Gasteiger partial charge in [0.25, 0.3) is 0 Å². The molecule has 3 rings (SSSR count). The van der Waals surface area contributed by atoms with Crippen molar-refractivity contribution in [3.05, 3.63) is 24.3 Å². The molecule has 0 radical (unpaired) electrons. The van der Waals surface area contributed by atoms with Gasteiger partial charge >= 0.3 is 0 Å². The highest BCUT2D eigenvalue weighted by Crippen LogP contribution is 2.51. The second-order valence-corrected chi connectivity index (χ2v) is 10.2. The molecule has 5 nitrogen and oxygen atoms in total. The Bertz CT molecular complexity index is 577. The third-order valence-electron chi connectivity index (χ3n) is 7.51. The van der Waals surface area contributed by atoms with Crippen molar-refractivity contribution in [1.29, 1.82) is 0 Å². The third-order valence-corrected chi connectivity index (χ3v) is 7.51. The smallest absolute Gasteiger partial charge is 0.172 e. The first-order valence-corrected chi connectivity index (χ1v) is 13.7. The lowest BCUT2D eigenvalue weighted by atomic mass is 9.85. The second kappa shape index (κ2) is 14.6. The molecule has 190 valence electrons. The largest absolute Gasteiger partial charge is 0.396 e. The minimum absolute atomic E-state index is 0.0541. The summed E-state index contributed by atoms with van der Waals surface area (Å²) in [6.07, 6.45) is 22.3. The van der Waals surface area contributed by atoms with Crippen LogP contribution < -0.4 is 0 Å². The van der Waals surface area contributed by atoms with Gasteiger partial charge in [-0.3, -0.25) is 0 Å². The summed E-state index contributed by atoms with van der Waals surface area (Å²) in [6, 6.07) is 0. The number of aliphatic hydroxyl groups is 1. The minimum atomic E-state index is -0.436. The average molecular weight is 465 g/mol. The lowest BCUT2D eigenvalue weighted by Gasteiger charge is -2.31. The molecule has 2 aliphatic heterocycles. The molecule has 5 atom stereocenters. The van der Waals surface area contributed by atoms with Gasteiger partial charge in [0.05, 0.1) is 19.3 Å². The van der Waals surface area contributed by atoms with Crippen molar-refractivity contribution in [2.45, 2.75) is 109 Å². The summed E-state index contributed by atoms with van der Waals surface area (Å²) in [4.78, 5) is 0. The Morgan fingerprint density at radius 2 is 1.91 bits per heavy atom. The summed E-state index contributed by atoms with van der Waals surface area (Å²) in [5, 5.41) is 8.99. The predicted octanol–water partition coefficient (Wildman–Crippen LogP) is 6.16. The fourth-order valence-electron chi connectivity index (χ4n) is 5.69. The summed E-state index contributed by atoms with van der Waals surface area (Å²) in [6.45, 7) is 7.07. The summed E-state index contributed by atoms with van der Waals surface area (Å²) in [7, 11) is 0. The normalized spacial score (nSPS) is 30.8. The Kier molecular flexibility index (Phi) is 11.9. The average Bonchev–Trinajstić information content (AvgIpc) is 3.39. The van der Waals surface area contributed by atoms with Crippen LogP contribution in [0.4, 0.5) is 0 Å². The molecule has 0 aromatic carbocycles. The summed E-state index contributed by atoms with van der Waals surface area (Å²) < 4.78 is 24.8. The van der Waals surface area contributed by atoms with E-state index in [0.29, 0.717) is 31.0 Å². The molecule has 1 N–H and O–H groups in total. The second-order valence-electron chi connectivity index (χ2n) is 10.2. The van der Waals surface area contributed by atoms with Crippen molar-refractivity contribution < 1.29 is 24.1 Å². The first kappa shape index (κ1) is 26.9. The summed E-state index contributed by atoms with van der Waals surface area (Å²) in [5.41, 5.74) is 0. The van der Waals surface area contributed by atoms with Crippen LogP contribution in [0.5, 0.6) is 0 Å². The van der Waals surface area contributed by atoms with E-state index in [1.807, 2.05) is 0 Å². The van der Waals surface area contributed by atoms with Crippen molar-refractivity contribution in [3.8, 4) is 0 Å². The SMILES string of the molecule is CCCCC[C@@H](/C=C/[C@H]1[C@H](C)CC2(OCCO2)[C@@H]1C/C=C\CCCCO)OC1CCCCO1. The highest BCUT2D eigenvalue weighted by atomic mass is 16.7. The van der Waals surface area contributed by atoms with Gasteiger partial charge in [-0.1, -0.05) is 57.4 Å². The Hall–Kier alpha value is -0.720. The van der Waals surface area contributed by atoms with Gasteiger partial charge in [-0.2, -0.15) is 0 Å². The molecule has 0 aromatic rings. The van der Waals surface area contributed by atoms with Crippen molar-refractivity contribution in [2.24, 2.45) is 17.8 Å². The van der Waals surface area contributed by atoms with Crippen LogP contribution in [0.3, 0.4) is 0 Å². The Morgan fingerprint density at radius 1 is 1.06 bits per heavy atom. The lowest BCUT2D eigenvalue weighted by molar-refractivity contribution is -0.184. The number of hydrogen-bond acceptors (Lipinski definition) is 5. The molecular formula is C28H48O5. The third kappa shape index (κ3) is 8.17. The molecule has 3 aliphatic rings. The van der Waals surface area contributed by atoms with E-state index < -0.39 is 5.79 Å². The van der Waals surface area contributed by atoms with E-state index in [1.54, 1.807) is 0 Å². The predicted molar refractivity (Wildman–Crippen MR) is 132 cm³/mol. The lowest BCUT2D eigenvalue weighted by Crippen LogP contribution is -2.36. The van der Waals surface area contributed by atoms with Gasteiger partial charge in [0.2, 0.25) is 0 Å². The molecule has 3 fully saturated rings. The first-order valence-electron chi connectivity index (χ1n) is 13.7. The fourth-order valence-corrected chi connectivity index (χ4v) is 5.69. The summed E-state index contributed by atoms with van der Waals surface area (Å²) >= 11 is 0. The topological polar surface area (TPSA) is 57.2 Å². The van der Waals surface area contributed by atoms with Crippen LogP contribution in [0.2, 0.25) is 0 Å². The van der Waals surface area contributed by atoms with Crippen LogP contribution >= 0.6 is 0 Å². The molecule has 1 aliphatic carbocycles. The number of rotatable bonds is 14. The van der Waals surface area contributed by atoms with E-state index in [9.17, 15) is 0 Å². The van der Waals surface area contributed by atoms with E-state index in [4.69, 9.17) is 24.1 Å². The van der Waals surface area contributed by atoms with E-state index in [-0.39, 0.29) is 19.0 Å². The first-order chi connectivity index (χ1) is 16.2. The molecule has 0 bridgehead atoms. The van der Waals surface area contributed by atoms with Crippen molar-refractivity contribution >= 4 is 0 Å². The number of ether oxygens (including phenoxy) is 4. The van der Waals surface area contributed by atoms with Gasteiger partial charge < -0.3 is 24.1 Å². The van der Waals surface area contributed by atoms with Crippen LogP contribution in [0.1, 0.15) is 90.9 Å². The van der Waals surface area contributed by atoms with Gasteiger partial charge in [-0.05, 0) is 63.2 Å². The molecule has 33 heavy (non-hydrogen) atoms. The van der Waals surface area contributed by atoms with Gasteiger partial charge in [0, 0.05) is 25.6 Å². The Balaban J connectivity index is 1.65. The molecule has 0 aromatic heterocycles. The summed E-state index contributed by atoms with van der Waals surface area (Å²) in [5.74, 6) is 0.807. The van der Waals surface area contributed by atoms with E-state index in [0.717, 1.165) is 58.0 Å². The maximum atomic E-state index is 8.99. The Labute approximate surface area is 201 Å². The van der Waals surface area contributed by atoms with Crippen molar-refractivity contribution in [3.63, 3.8) is 0 Å². The molecule has 5 heteroatoms. The molecule has 2 heterocycles. The quantitative estimate of drug-likeness (QED) is 0.246. The van der Waals surface area contributed by atoms with E-state index >= 15 is 0 Å². The minimum Gasteiger partial charge on any atom is -0.396 e. The van der Waals surface area contributed by atoms with Crippen LogP contribution in [0, 0.1) is 17.8 Å². The van der Waals surface area contributed by atoms with Crippen molar-refractivity contribution in [1.82, 2.24) is 0 Å². The molecule has 1 unspecified atom stereocenters. The number of aliphatic hydroxyl groups excluding tert-OH is 1. The fraction of sp³-hybridized carbons (Fsp3) is 0.857. The molecule has 2 saturated heterocycles. The van der Waals surface area contributed by atoms with Crippen LogP contribution in [0.15, 0.2) is 24.3 Å². The molecular weight excluding hydrogens is 416 g/mol. The van der Waals surface area contributed by atoms with Crippen LogP contribution in [-0.4, -0.2) is 49.7 Å². The zero-order chi connectivity index (χ0) is 23.4.